The molecule has 0 atom stereocenters. The molecular formula is C14H17Cl3O3. The molecule has 0 unspecified atom stereocenters. The van der Waals surface area contributed by atoms with E-state index in [1.165, 1.54) is 0 Å². The Morgan fingerprint density at radius 2 is 2.05 bits per heavy atom. The van der Waals surface area contributed by atoms with Gasteiger partial charge in [0, 0.05) is 19.1 Å². The molecule has 6 heteroatoms. The van der Waals surface area contributed by atoms with Crippen LogP contribution in [0.4, 0.5) is 0 Å². The standard InChI is InChI=1S/C14H17Cl3O3/c1-2-10-8-11(19-7-4-13(16)17)9-12(15)14(10)20-6-3-5-18/h4,8-9,18H,2-3,5-7H2,1H3. The summed E-state index contributed by atoms with van der Waals surface area (Å²) in [5.41, 5.74) is 0.950. The highest BCUT2D eigenvalue weighted by molar-refractivity contribution is 6.55. The maximum atomic E-state index is 8.77. The maximum Gasteiger partial charge on any atom is 0.141 e. The van der Waals surface area contributed by atoms with E-state index >= 15 is 0 Å². The molecule has 1 rings (SSSR count). The maximum absolute atomic E-state index is 8.77. The van der Waals surface area contributed by atoms with Gasteiger partial charge in [0.2, 0.25) is 0 Å². The van der Waals surface area contributed by atoms with Crippen molar-refractivity contribution >= 4 is 34.8 Å². The van der Waals surface area contributed by atoms with E-state index in [0.717, 1.165) is 12.0 Å². The van der Waals surface area contributed by atoms with E-state index in [1.54, 1.807) is 12.1 Å². The van der Waals surface area contributed by atoms with E-state index in [0.29, 0.717) is 29.5 Å². The summed E-state index contributed by atoms with van der Waals surface area (Å²) in [5.74, 6) is 1.27. The lowest BCUT2D eigenvalue weighted by atomic mass is 10.1. The van der Waals surface area contributed by atoms with E-state index in [1.807, 2.05) is 13.0 Å². The van der Waals surface area contributed by atoms with Crippen LogP contribution in [0.15, 0.2) is 22.7 Å². The number of aliphatic hydroxyl groups excluding tert-OH is 1. The number of hydrogen-bond acceptors (Lipinski definition) is 3. The van der Waals surface area contributed by atoms with E-state index in [4.69, 9.17) is 49.4 Å². The Hall–Kier alpha value is -0.610. The Balaban J connectivity index is 2.81. The van der Waals surface area contributed by atoms with Crippen molar-refractivity contribution in [2.24, 2.45) is 0 Å². The Bertz CT molecular complexity index is 457. The van der Waals surface area contributed by atoms with Gasteiger partial charge in [0.1, 0.15) is 22.6 Å². The van der Waals surface area contributed by atoms with Crippen LogP contribution in [-0.2, 0) is 6.42 Å². The van der Waals surface area contributed by atoms with Crippen LogP contribution in [-0.4, -0.2) is 24.9 Å². The highest BCUT2D eigenvalue weighted by atomic mass is 35.5. The predicted molar refractivity (Wildman–Crippen MR) is 83.3 cm³/mol. The molecule has 3 nitrogen and oxygen atoms in total. The van der Waals surface area contributed by atoms with Crippen molar-refractivity contribution in [1.29, 1.82) is 0 Å². The third-order valence-corrected chi connectivity index (χ3v) is 3.10. The highest BCUT2D eigenvalue weighted by Crippen LogP contribution is 2.34. The number of aliphatic hydroxyl groups is 1. The minimum atomic E-state index is 0.0891. The van der Waals surface area contributed by atoms with Crippen LogP contribution in [0.3, 0.4) is 0 Å². The molecule has 20 heavy (non-hydrogen) atoms. The van der Waals surface area contributed by atoms with Crippen LogP contribution >= 0.6 is 34.8 Å². The fourth-order valence-corrected chi connectivity index (χ4v) is 1.98. The van der Waals surface area contributed by atoms with Crippen LogP contribution in [0.5, 0.6) is 11.5 Å². The minimum Gasteiger partial charge on any atom is -0.492 e. The topological polar surface area (TPSA) is 38.7 Å². The summed E-state index contributed by atoms with van der Waals surface area (Å²) in [6.07, 6.45) is 2.88. The molecule has 0 aliphatic carbocycles. The smallest absolute Gasteiger partial charge is 0.141 e. The molecule has 1 aromatic rings. The van der Waals surface area contributed by atoms with Gasteiger partial charge in [-0.2, -0.15) is 0 Å². The first-order chi connectivity index (χ1) is 9.58. The van der Waals surface area contributed by atoms with Gasteiger partial charge in [-0.1, -0.05) is 41.7 Å². The summed E-state index contributed by atoms with van der Waals surface area (Å²) >= 11 is 17.2. The Kier molecular flexibility index (Phi) is 8.15. The molecule has 0 saturated heterocycles. The van der Waals surface area contributed by atoms with Gasteiger partial charge in [-0.25, -0.2) is 0 Å². The number of hydrogen-bond donors (Lipinski definition) is 1. The first-order valence-electron chi connectivity index (χ1n) is 6.28. The lowest BCUT2D eigenvalue weighted by Gasteiger charge is -2.14. The number of aryl methyl sites for hydroxylation is 1. The molecular weight excluding hydrogens is 323 g/mol. The average Bonchev–Trinajstić information content (AvgIpc) is 2.40. The fraction of sp³-hybridized carbons (Fsp3) is 0.429. The fourth-order valence-electron chi connectivity index (χ4n) is 1.57. The van der Waals surface area contributed by atoms with Gasteiger partial charge in [0.25, 0.3) is 0 Å². The van der Waals surface area contributed by atoms with E-state index in [-0.39, 0.29) is 17.7 Å². The van der Waals surface area contributed by atoms with Gasteiger partial charge in [-0.05, 0) is 24.1 Å². The molecule has 112 valence electrons. The highest BCUT2D eigenvalue weighted by Gasteiger charge is 2.10. The zero-order valence-corrected chi connectivity index (χ0v) is 13.4. The first-order valence-corrected chi connectivity index (χ1v) is 7.41. The summed E-state index contributed by atoms with van der Waals surface area (Å²) in [6.45, 7) is 2.79. The Labute approximate surface area is 134 Å². The zero-order chi connectivity index (χ0) is 15.0. The predicted octanol–water partition coefficient (Wildman–Crippen LogP) is 4.36. The molecule has 1 aromatic carbocycles. The summed E-state index contributed by atoms with van der Waals surface area (Å²) in [7, 11) is 0. The molecule has 0 saturated carbocycles. The molecule has 0 fully saturated rings. The second-order valence-electron chi connectivity index (χ2n) is 3.98. The van der Waals surface area contributed by atoms with Crippen LogP contribution in [0.25, 0.3) is 0 Å². The van der Waals surface area contributed by atoms with Crippen molar-refractivity contribution in [3.8, 4) is 11.5 Å². The normalized spacial score (nSPS) is 10.2. The minimum absolute atomic E-state index is 0.0891. The Morgan fingerprint density at radius 1 is 1.30 bits per heavy atom. The van der Waals surface area contributed by atoms with Crippen molar-refractivity contribution in [3.63, 3.8) is 0 Å². The first kappa shape index (κ1) is 17.4. The summed E-state index contributed by atoms with van der Waals surface area (Å²) in [5, 5.41) is 9.25. The number of benzene rings is 1. The number of rotatable bonds is 8. The van der Waals surface area contributed by atoms with E-state index in [9.17, 15) is 0 Å². The van der Waals surface area contributed by atoms with Crippen LogP contribution in [0, 0.1) is 0 Å². The number of halogens is 3. The lowest BCUT2D eigenvalue weighted by molar-refractivity contribution is 0.232. The van der Waals surface area contributed by atoms with Crippen molar-refractivity contribution in [2.75, 3.05) is 19.8 Å². The summed E-state index contributed by atoms with van der Waals surface area (Å²) in [6, 6.07) is 3.56. The van der Waals surface area contributed by atoms with Gasteiger partial charge in [-0.3, -0.25) is 0 Å². The van der Waals surface area contributed by atoms with Gasteiger partial charge in [0.15, 0.2) is 0 Å². The third-order valence-electron chi connectivity index (χ3n) is 2.51. The van der Waals surface area contributed by atoms with Crippen molar-refractivity contribution in [2.45, 2.75) is 19.8 Å². The van der Waals surface area contributed by atoms with Crippen molar-refractivity contribution < 1.29 is 14.6 Å². The van der Waals surface area contributed by atoms with Gasteiger partial charge >= 0.3 is 0 Å². The van der Waals surface area contributed by atoms with Crippen molar-refractivity contribution in [1.82, 2.24) is 0 Å². The quantitative estimate of drug-likeness (QED) is 0.715. The summed E-state index contributed by atoms with van der Waals surface area (Å²) < 4.78 is 11.3. The van der Waals surface area contributed by atoms with E-state index < -0.39 is 0 Å². The molecule has 0 aliphatic heterocycles. The lowest BCUT2D eigenvalue weighted by Crippen LogP contribution is -2.03. The van der Waals surface area contributed by atoms with E-state index in [2.05, 4.69) is 0 Å². The van der Waals surface area contributed by atoms with Crippen LogP contribution in [0.2, 0.25) is 5.02 Å². The number of ether oxygens (including phenoxy) is 2. The summed E-state index contributed by atoms with van der Waals surface area (Å²) in [4.78, 5) is 0. The molecule has 0 amide bonds. The van der Waals surface area contributed by atoms with Crippen LogP contribution in [0.1, 0.15) is 18.9 Å². The SMILES string of the molecule is CCc1cc(OCC=C(Cl)Cl)cc(Cl)c1OCCCO. The molecule has 0 spiro atoms. The molecule has 0 heterocycles. The average molecular weight is 340 g/mol. The monoisotopic (exact) mass is 338 g/mol. The molecule has 0 radical (unpaired) electrons. The second-order valence-corrected chi connectivity index (χ2v) is 5.39. The molecule has 0 aromatic heterocycles. The second kappa shape index (κ2) is 9.35. The van der Waals surface area contributed by atoms with Gasteiger partial charge in [-0.15, -0.1) is 0 Å². The molecule has 0 bridgehead atoms. The zero-order valence-electron chi connectivity index (χ0n) is 11.2. The van der Waals surface area contributed by atoms with Gasteiger partial charge in [0.05, 0.1) is 11.6 Å². The largest absolute Gasteiger partial charge is 0.492 e. The third kappa shape index (κ3) is 5.80. The molecule has 1 N–H and O–H groups in total. The molecule has 0 aliphatic rings. The Morgan fingerprint density at radius 3 is 2.65 bits per heavy atom. The van der Waals surface area contributed by atoms with Crippen LogP contribution < -0.4 is 9.47 Å². The van der Waals surface area contributed by atoms with Gasteiger partial charge < -0.3 is 14.6 Å². The van der Waals surface area contributed by atoms with Crippen molar-refractivity contribution in [3.05, 3.63) is 33.3 Å².